The first kappa shape index (κ1) is 19.3. The molecule has 0 bridgehead atoms. The Labute approximate surface area is 153 Å². The summed E-state index contributed by atoms with van der Waals surface area (Å²) < 4.78 is 5.91. The Morgan fingerprint density at radius 2 is 1.81 bits per heavy atom. The lowest BCUT2D eigenvalue weighted by Gasteiger charge is -2.20. The molecule has 1 unspecified atom stereocenters. The molecule has 6 heteroatoms. The summed E-state index contributed by atoms with van der Waals surface area (Å²) in [5, 5.41) is 11.7. The smallest absolute Gasteiger partial charge is 0.317 e. The van der Waals surface area contributed by atoms with Crippen molar-refractivity contribution in [3.05, 3.63) is 59.7 Å². The van der Waals surface area contributed by atoms with Gasteiger partial charge in [0.25, 0.3) is 0 Å². The summed E-state index contributed by atoms with van der Waals surface area (Å²) in [6.07, 6.45) is 0. The van der Waals surface area contributed by atoms with Crippen molar-refractivity contribution < 1.29 is 19.4 Å². The minimum absolute atomic E-state index is 0.142. The molecule has 0 saturated heterocycles. The van der Waals surface area contributed by atoms with Crippen molar-refractivity contribution in [1.82, 2.24) is 10.2 Å². The number of carboxylic acids is 1. The molecule has 0 radical (unpaired) electrons. The lowest BCUT2D eigenvalue weighted by atomic mass is 10.2. The van der Waals surface area contributed by atoms with E-state index in [-0.39, 0.29) is 19.1 Å². The van der Waals surface area contributed by atoms with Gasteiger partial charge in [-0.2, -0.15) is 0 Å². The highest BCUT2D eigenvalue weighted by Crippen LogP contribution is 2.25. The van der Waals surface area contributed by atoms with E-state index in [1.807, 2.05) is 55.5 Å². The number of rotatable bonds is 7. The monoisotopic (exact) mass is 356 g/mol. The largest absolute Gasteiger partial charge is 0.481 e. The number of amides is 2. The minimum atomic E-state index is -0.929. The molecular formula is C20H24N2O4. The average molecular weight is 356 g/mol. The van der Waals surface area contributed by atoms with Crippen molar-refractivity contribution in [3.8, 4) is 11.5 Å². The highest BCUT2D eigenvalue weighted by molar-refractivity contribution is 5.75. The van der Waals surface area contributed by atoms with E-state index in [1.165, 1.54) is 4.90 Å². The molecular weight excluding hydrogens is 332 g/mol. The number of ether oxygens (including phenoxy) is 1. The van der Waals surface area contributed by atoms with Gasteiger partial charge < -0.3 is 20.1 Å². The molecule has 0 fully saturated rings. The third kappa shape index (κ3) is 5.51. The Bertz CT molecular complexity index is 759. The lowest BCUT2D eigenvalue weighted by molar-refractivity contribution is -0.141. The molecule has 0 heterocycles. The van der Waals surface area contributed by atoms with Crippen molar-refractivity contribution in [2.45, 2.75) is 20.4 Å². The van der Waals surface area contributed by atoms with Crippen LogP contribution in [0.4, 0.5) is 4.79 Å². The van der Waals surface area contributed by atoms with Gasteiger partial charge in [-0.15, -0.1) is 0 Å². The minimum Gasteiger partial charge on any atom is -0.481 e. The van der Waals surface area contributed by atoms with Crippen molar-refractivity contribution in [2.75, 3.05) is 13.6 Å². The second-order valence-electron chi connectivity index (χ2n) is 6.30. The Balaban J connectivity index is 1.98. The second-order valence-corrected chi connectivity index (χ2v) is 6.30. The predicted molar refractivity (Wildman–Crippen MR) is 99.4 cm³/mol. The normalized spacial score (nSPS) is 11.5. The van der Waals surface area contributed by atoms with E-state index in [0.29, 0.717) is 5.75 Å². The van der Waals surface area contributed by atoms with E-state index in [1.54, 1.807) is 14.0 Å². The van der Waals surface area contributed by atoms with E-state index >= 15 is 0 Å². The van der Waals surface area contributed by atoms with Crippen molar-refractivity contribution in [3.63, 3.8) is 0 Å². The summed E-state index contributed by atoms with van der Waals surface area (Å²) in [7, 11) is 1.57. The number of hydrogen-bond donors (Lipinski definition) is 2. The molecule has 26 heavy (non-hydrogen) atoms. The Morgan fingerprint density at radius 1 is 1.15 bits per heavy atom. The van der Waals surface area contributed by atoms with Crippen LogP contribution in [0.1, 0.15) is 18.1 Å². The fraction of sp³-hybridized carbons (Fsp3) is 0.300. The molecule has 138 valence electrons. The topological polar surface area (TPSA) is 78.9 Å². The summed E-state index contributed by atoms with van der Waals surface area (Å²) in [4.78, 5) is 24.4. The van der Waals surface area contributed by atoms with Gasteiger partial charge in [-0.05, 0) is 25.1 Å². The number of benzene rings is 2. The third-order valence-electron chi connectivity index (χ3n) is 3.97. The van der Waals surface area contributed by atoms with Crippen LogP contribution >= 0.6 is 0 Å². The zero-order chi connectivity index (χ0) is 19.1. The number of carboxylic acid groups (broad SMARTS) is 1. The van der Waals surface area contributed by atoms with Crippen LogP contribution in [0, 0.1) is 12.8 Å². The van der Waals surface area contributed by atoms with Gasteiger partial charge in [-0.1, -0.05) is 42.8 Å². The molecule has 0 aliphatic rings. The summed E-state index contributed by atoms with van der Waals surface area (Å²) in [6.45, 7) is 4.00. The highest BCUT2D eigenvalue weighted by Gasteiger charge is 2.17. The molecule has 0 saturated carbocycles. The van der Waals surface area contributed by atoms with Crippen molar-refractivity contribution in [2.24, 2.45) is 5.92 Å². The zero-order valence-electron chi connectivity index (χ0n) is 15.2. The zero-order valence-corrected chi connectivity index (χ0v) is 15.2. The van der Waals surface area contributed by atoms with Gasteiger partial charge in [0, 0.05) is 25.7 Å². The van der Waals surface area contributed by atoms with Crippen molar-refractivity contribution in [1.29, 1.82) is 0 Å². The summed E-state index contributed by atoms with van der Waals surface area (Å²) in [5.74, 6) is -0.163. The molecule has 2 amide bonds. The van der Waals surface area contributed by atoms with Gasteiger partial charge in [-0.3, -0.25) is 4.79 Å². The molecule has 0 aromatic heterocycles. The number of aliphatic carboxylic acids is 1. The summed E-state index contributed by atoms with van der Waals surface area (Å²) in [6, 6.07) is 14.9. The number of urea groups is 1. The van der Waals surface area contributed by atoms with Gasteiger partial charge in [0.1, 0.15) is 11.5 Å². The van der Waals surface area contributed by atoms with Gasteiger partial charge in [0.15, 0.2) is 0 Å². The Morgan fingerprint density at radius 3 is 2.46 bits per heavy atom. The third-order valence-corrected chi connectivity index (χ3v) is 3.97. The van der Waals surface area contributed by atoms with Crippen LogP contribution in [-0.4, -0.2) is 35.6 Å². The van der Waals surface area contributed by atoms with Crippen LogP contribution in [0.5, 0.6) is 11.5 Å². The maximum Gasteiger partial charge on any atom is 0.317 e. The maximum absolute atomic E-state index is 12.2. The van der Waals surface area contributed by atoms with E-state index in [2.05, 4.69) is 5.32 Å². The van der Waals surface area contributed by atoms with Crippen LogP contribution in [0.2, 0.25) is 0 Å². The number of aryl methyl sites for hydroxylation is 1. The van der Waals surface area contributed by atoms with E-state index in [0.717, 1.165) is 16.9 Å². The maximum atomic E-state index is 12.2. The first-order valence-electron chi connectivity index (χ1n) is 8.41. The molecule has 2 aromatic carbocycles. The van der Waals surface area contributed by atoms with Crippen LogP contribution in [0.3, 0.4) is 0 Å². The van der Waals surface area contributed by atoms with E-state index < -0.39 is 11.9 Å². The first-order chi connectivity index (χ1) is 12.4. The fourth-order valence-electron chi connectivity index (χ4n) is 2.36. The number of para-hydroxylation sites is 1. The molecule has 2 aromatic rings. The molecule has 0 spiro atoms. The summed E-state index contributed by atoms with van der Waals surface area (Å²) >= 11 is 0. The van der Waals surface area contributed by atoms with Crippen LogP contribution in [-0.2, 0) is 11.3 Å². The van der Waals surface area contributed by atoms with Gasteiger partial charge >= 0.3 is 12.0 Å². The van der Waals surface area contributed by atoms with Crippen molar-refractivity contribution >= 4 is 12.0 Å². The van der Waals surface area contributed by atoms with Crippen LogP contribution in [0.15, 0.2) is 48.5 Å². The Kier molecular flexibility index (Phi) is 6.60. The lowest BCUT2D eigenvalue weighted by Crippen LogP contribution is -2.40. The molecule has 0 aliphatic heterocycles. The predicted octanol–water partition coefficient (Wildman–Crippen LogP) is 3.65. The van der Waals surface area contributed by atoms with E-state index in [4.69, 9.17) is 9.84 Å². The van der Waals surface area contributed by atoms with E-state index in [9.17, 15) is 9.59 Å². The van der Waals surface area contributed by atoms with Crippen LogP contribution < -0.4 is 10.1 Å². The van der Waals surface area contributed by atoms with Gasteiger partial charge in [0.05, 0.1) is 5.92 Å². The molecule has 1 atom stereocenters. The SMILES string of the molecule is Cc1ccc(Oc2ccccc2CNC(=O)N(C)CC(C)C(=O)O)cc1. The fourth-order valence-corrected chi connectivity index (χ4v) is 2.36. The number of nitrogens with one attached hydrogen (secondary N) is 1. The molecule has 2 N–H and O–H groups in total. The molecule has 2 rings (SSSR count). The number of hydrogen-bond acceptors (Lipinski definition) is 3. The first-order valence-corrected chi connectivity index (χ1v) is 8.41. The Hall–Kier alpha value is -3.02. The number of nitrogens with zero attached hydrogens (tertiary/aromatic N) is 1. The summed E-state index contributed by atoms with van der Waals surface area (Å²) in [5.41, 5.74) is 1.98. The number of carbonyl (C=O) groups excluding carboxylic acids is 1. The molecule has 6 nitrogen and oxygen atoms in total. The highest BCUT2D eigenvalue weighted by atomic mass is 16.5. The van der Waals surface area contributed by atoms with Gasteiger partial charge in [-0.25, -0.2) is 4.79 Å². The van der Waals surface area contributed by atoms with Gasteiger partial charge in [0.2, 0.25) is 0 Å². The number of carbonyl (C=O) groups is 2. The standard InChI is InChI=1S/C20H24N2O4/c1-14-8-10-17(11-9-14)26-18-7-5-4-6-16(18)12-21-20(25)22(3)13-15(2)19(23)24/h4-11,15H,12-13H2,1-3H3,(H,21,25)(H,23,24). The average Bonchev–Trinajstić information content (AvgIpc) is 2.62. The second kappa shape index (κ2) is 8.89. The molecule has 0 aliphatic carbocycles. The van der Waals surface area contributed by atoms with Crippen LogP contribution in [0.25, 0.3) is 0 Å². The quantitative estimate of drug-likeness (QED) is 0.794.